The van der Waals surface area contributed by atoms with Crippen molar-refractivity contribution in [2.24, 2.45) is 0 Å². The second kappa shape index (κ2) is 10.1. The van der Waals surface area contributed by atoms with Crippen molar-refractivity contribution in [3.63, 3.8) is 0 Å². The number of benzene rings is 7. The van der Waals surface area contributed by atoms with Crippen molar-refractivity contribution in [3.05, 3.63) is 164 Å². The summed E-state index contributed by atoms with van der Waals surface area (Å²) in [5.41, 5.74) is 9.90. The first-order chi connectivity index (χ1) is 20.8. The molecule has 0 saturated carbocycles. The molecule has 0 N–H and O–H groups in total. The summed E-state index contributed by atoms with van der Waals surface area (Å²) in [5.74, 6) is 0. The van der Waals surface area contributed by atoms with Crippen molar-refractivity contribution in [2.75, 3.05) is 4.90 Å². The Hall–Kier alpha value is -5.60. The predicted molar refractivity (Wildman–Crippen MR) is 177 cm³/mol. The molecule has 7 aromatic carbocycles. The molecule has 8 rings (SSSR count). The highest BCUT2D eigenvalue weighted by molar-refractivity contribution is 6.22. The van der Waals surface area contributed by atoms with Gasteiger partial charge in [-0.15, -0.1) is 0 Å². The Bertz CT molecular complexity index is 2120. The van der Waals surface area contributed by atoms with Gasteiger partial charge in [-0.2, -0.15) is 0 Å². The number of hydrogen-bond donors (Lipinski definition) is 0. The zero-order valence-corrected chi connectivity index (χ0v) is 22.9. The highest BCUT2D eigenvalue weighted by Crippen LogP contribution is 2.46. The van der Waals surface area contributed by atoms with Crippen molar-refractivity contribution in [1.82, 2.24) is 0 Å². The van der Waals surface area contributed by atoms with E-state index in [2.05, 4.69) is 169 Å². The summed E-state index contributed by atoms with van der Waals surface area (Å²) in [6.07, 6.45) is 0. The van der Waals surface area contributed by atoms with Crippen molar-refractivity contribution in [3.8, 4) is 22.3 Å². The molecule has 0 atom stereocenters. The Balaban J connectivity index is 1.39. The lowest BCUT2D eigenvalue weighted by atomic mass is 9.95. The predicted octanol–water partition coefficient (Wildman–Crippen LogP) is 11.5. The molecule has 0 fully saturated rings. The number of furan rings is 1. The zero-order chi connectivity index (χ0) is 27.9. The molecule has 8 aromatic rings. The summed E-state index contributed by atoms with van der Waals surface area (Å²) in [4.78, 5) is 2.35. The maximum atomic E-state index is 6.65. The minimum Gasteiger partial charge on any atom is -0.455 e. The van der Waals surface area contributed by atoms with Gasteiger partial charge in [-0.1, -0.05) is 127 Å². The third kappa shape index (κ3) is 4.05. The molecule has 0 radical (unpaired) electrons. The summed E-state index contributed by atoms with van der Waals surface area (Å²) in [7, 11) is 0. The van der Waals surface area contributed by atoms with E-state index < -0.39 is 0 Å². The molecule has 0 aliphatic carbocycles. The topological polar surface area (TPSA) is 16.4 Å². The maximum Gasteiger partial charge on any atom is 0.143 e. The van der Waals surface area contributed by atoms with Crippen LogP contribution in [-0.4, -0.2) is 0 Å². The van der Waals surface area contributed by atoms with Crippen LogP contribution in [0.5, 0.6) is 0 Å². The molecular formula is C40H27NO. The number of hydrogen-bond acceptors (Lipinski definition) is 2. The molecule has 0 spiro atoms. The first-order valence-corrected chi connectivity index (χ1v) is 14.3. The van der Waals surface area contributed by atoms with Gasteiger partial charge < -0.3 is 9.32 Å². The minimum atomic E-state index is 0.892. The van der Waals surface area contributed by atoms with E-state index in [0.717, 1.165) is 55.3 Å². The zero-order valence-electron chi connectivity index (χ0n) is 22.9. The second-order valence-electron chi connectivity index (χ2n) is 10.5. The van der Waals surface area contributed by atoms with Gasteiger partial charge in [-0.3, -0.25) is 0 Å². The number of fused-ring (bicyclic) bond motifs is 5. The van der Waals surface area contributed by atoms with Crippen LogP contribution in [-0.2, 0) is 0 Å². The van der Waals surface area contributed by atoms with Gasteiger partial charge in [0.15, 0.2) is 0 Å². The van der Waals surface area contributed by atoms with Gasteiger partial charge in [0.2, 0.25) is 0 Å². The van der Waals surface area contributed by atoms with Gasteiger partial charge in [0.1, 0.15) is 11.2 Å². The average Bonchev–Trinajstić information content (AvgIpc) is 3.46. The van der Waals surface area contributed by atoms with Crippen molar-refractivity contribution in [1.29, 1.82) is 0 Å². The highest BCUT2D eigenvalue weighted by atomic mass is 16.3. The summed E-state index contributed by atoms with van der Waals surface area (Å²) >= 11 is 0. The largest absolute Gasteiger partial charge is 0.455 e. The van der Waals surface area contributed by atoms with E-state index in [0.29, 0.717) is 0 Å². The summed E-state index contributed by atoms with van der Waals surface area (Å²) in [5, 5.41) is 4.49. The van der Waals surface area contributed by atoms with Crippen LogP contribution in [0.2, 0.25) is 0 Å². The van der Waals surface area contributed by atoms with E-state index >= 15 is 0 Å². The maximum absolute atomic E-state index is 6.65. The van der Waals surface area contributed by atoms with Crippen LogP contribution < -0.4 is 4.90 Å². The molecule has 198 valence electrons. The van der Waals surface area contributed by atoms with Crippen molar-refractivity contribution in [2.45, 2.75) is 0 Å². The van der Waals surface area contributed by atoms with Gasteiger partial charge >= 0.3 is 0 Å². The van der Waals surface area contributed by atoms with Gasteiger partial charge in [0.25, 0.3) is 0 Å². The van der Waals surface area contributed by atoms with Crippen LogP contribution >= 0.6 is 0 Å². The quantitative estimate of drug-likeness (QED) is 0.217. The molecule has 42 heavy (non-hydrogen) atoms. The molecule has 0 amide bonds. The Labute approximate surface area is 244 Å². The summed E-state index contributed by atoms with van der Waals surface area (Å²) < 4.78 is 6.65. The molecule has 0 aliphatic heterocycles. The Kier molecular flexibility index (Phi) is 5.82. The van der Waals surface area contributed by atoms with E-state index in [1.54, 1.807) is 0 Å². The molecule has 0 bridgehead atoms. The lowest BCUT2D eigenvalue weighted by Crippen LogP contribution is -2.10. The van der Waals surface area contributed by atoms with Crippen LogP contribution in [0.15, 0.2) is 168 Å². The average molecular weight is 538 g/mol. The molecular weight excluding hydrogens is 510 g/mol. The lowest BCUT2D eigenvalue weighted by molar-refractivity contribution is 0.673. The number of nitrogens with zero attached hydrogens (tertiary/aromatic N) is 1. The van der Waals surface area contributed by atoms with E-state index in [-0.39, 0.29) is 0 Å². The number of para-hydroxylation sites is 2. The van der Waals surface area contributed by atoms with Gasteiger partial charge in [0, 0.05) is 32.9 Å². The fourth-order valence-corrected chi connectivity index (χ4v) is 6.11. The molecule has 2 heteroatoms. The SMILES string of the molecule is c1ccc(-c2ccc(-c3cccc4oc5c6ccccc6c(N(c6ccccc6)c6ccccc6)cc5c34)cc2)cc1. The van der Waals surface area contributed by atoms with Crippen LogP contribution in [0.25, 0.3) is 55.0 Å². The summed E-state index contributed by atoms with van der Waals surface area (Å²) in [6.45, 7) is 0. The standard InChI is InChI=1S/C40H27NO/c1-4-13-28(14-5-1)29-23-25-30(26-24-29)33-21-12-22-38-39(33)36-27-37(34-19-10-11-20-35(34)40(36)42-38)41(31-15-6-2-7-16-31)32-17-8-3-9-18-32/h1-27H. The smallest absolute Gasteiger partial charge is 0.143 e. The van der Waals surface area contributed by atoms with Crippen LogP contribution in [0.4, 0.5) is 17.1 Å². The first kappa shape index (κ1) is 24.2. The molecule has 0 aliphatic rings. The number of anilines is 3. The minimum absolute atomic E-state index is 0.892. The number of rotatable bonds is 5. The van der Waals surface area contributed by atoms with Crippen LogP contribution in [0.3, 0.4) is 0 Å². The fraction of sp³-hybridized carbons (Fsp3) is 0. The lowest BCUT2D eigenvalue weighted by Gasteiger charge is -2.27. The van der Waals surface area contributed by atoms with Gasteiger partial charge in [0.05, 0.1) is 5.69 Å². The van der Waals surface area contributed by atoms with Gasteiger partial charge in [-0.05, 0) is 58.7 Å². The fourth-order valence-electron chi connectivity index (χ4n) is 6.11. The Morgan fingerprint density at radius 3 is 1.62 bits per heavy atom. The molecule has 0 unspecified atom stereocenters. The highest BCUT2D eigenvalue weighted by Gasteiger charge is 2.21. The Morgan fingerprint density at radius 1 is 0.405 bits per heavy atom. The molecule has 1 aromatic heterocycles. The van der Waals surface area contributed by atoms with Crippen molar-refractivity contribution >= 4 is 49.8 Å². The van der Waals surface area contributed by atoms with E-state index in [1.165, 1.54) is 16.7 Å². The first-order valence-electron chi connectivity index (χ1n) is 14.3. The summed E-state index contributed by atoms with van der Waals surface area (Å²) in [6, 6.07) is 57.8. The molecule has 1 heterocycles. The normalized spacial score (nSPS) is 11.3. The van der Waals surface area contributed by atoms with Crippen LogP contribution in [0, 0.1) is 0 Å². The monoisotopic (exact) mass is 537 g/mol. The van der Waals surface area contributed by atoms with Crippen molar-refractivity contribution < 1.29 is 4.42 Å². The van der Waals surface area contributed by atoms with Gasteiger partial charge in [-0.25, -0.2) is 0 Å². The molecule has 0 saturated heterocycles. The van der Waals surface area contributed by atoms with Crippen LogP contribution in [0.1, 0.15) is 0 Å². The Morgan fingerprint density at radius 2 is 0.952 bits per heavy atom. The molecule has 2 nitrogen and oxygen atoms in total. The second-order valence-corrected chi connectivity index (χ2v) is 10.5. The van der Waals surface area contributed by atoms with E-state index in [1.807, 2.05) is 0 Å². The third-order valence-electron chi connectivity index (χ3n) is 8.05. The van der Waals surface area contributed by atoms with E-state index in [4.69, 9.17) is 4.42 Å². The van der Waals surface area contributed by atoms with E-state index in [9.17, 15) is 0 Å². The third-order valence-corrected chi connectivity index (χ3v) is 8.05.